The minimum atomic E-state index is -0.182. The minimum Gasteiger partial charge on any atom is -0.228 e. The zero-order valence-electron chi connectivity index (χ0n) is 13.3. The molecule has 0 N–H and O–H groups in total. The van der Waals surface area contributed by atoms with E-state index in [1.54, 1.807) is 0 Å². The summed E-state index contributed by atoms with van der Waals surface area (Å²) in [6.45, 7) is 4.16. The zero-order valence-corrected chi connectivity index (χ0v) is 13.3. The van der Waals surface area contributed by atoms with Crippen molar-refractivity contribution in [3.05, 3.63) is 83.9 Å². The van der Waals surface area contributed by atoms with Crippen molar-refractivity contribution in [1.82, 2.24) is 0 Å². The molecule has 0 saturated carbocycles. The quantitative estimate of drug-likeness (QED) is 0.614. The van der Waals surface area contributed by atoms with Crippen molar-refractivity contribution in [3.8, 4) is 0 Å². The fourth-order valence-corrected chi connectivity index (χ4v) is 3.17. The second-order valence-corrected chi connectivity index (χ2v) is 6.21. The van der Waals surface area contributed by atoms with Crippen LogP contribution in [0.25, 0.3) is 0 Å². The molecule has 4 rings (SSSR count). The van der Waals surface area contributed by atoms with Crippen molar-refractivity contribution in [1.29, 1.82) is 0 Å². The average molecular weight is 324 g/mol. The van der Waals surface area contributed by atoms with Gasteiger partial charge in [-0.1, -0.05) is 67.2 Å². The fourth-order valence-electron chi connectivity index (χ4n) is 3.17. The molecule has 4 nitrogen and oxygen atoms in total. The van der Waals surface area contributed by atoms with Crippen molar-refractivity contribution in [2.45, 2.75) is 37.3 Å². The Kier molecular flexibility index (Phi) is 4.45. The maximum Gasteiger partial charge on any atom is 0.121 e. The molecule has 0 aliphatic carbocycles. The number of hydrogen-bond donors (Lipinski definition) is 0. The Balaban J connectivity index is 1.37. The van der Waals surface area contributed by atoms with E-state index in [4.69, 9.17) is 19.6 Å². The van der Waals surface area contributed by atoms with Crippen LogP contribution in [0.5, 0.6) is 0 Å². The van der Waals surface area contributed by atoms with Gasteiger partial charge in [-0.2, -0.15) is 0 Å². The molecule has 2 fully saturated rings. The van der Waals surface area contributed by atoms with Crippen LogP contribution in [-0.4, -0.2) is 12.2 Å². The molecular weight excluding hydrogens is 304 g/mol. The summed E-state index contributed by atoms with van der Waals surface area (Å²) in [6.07, 6.45) is 0.967. The Hall–Kier alpha value is -1.98. The van der Waals surface area contributed by atoms with E-state index in [2.05, 4.69) is 6.58 Å². The lowest BCUT2D eigenvalue weighted by Gasteiger charge is -2.14. The lowest BCUT2D eigenvalue weighted by Crippen LogP contribution is -2.20. The summed E-state index contributed by atoms with van der Waals surface area (Å²) < 4.78 is 0. The number of hydrogen-bond acceptors (Lipinski definition) is 4. The first kappa shape index (κ1) is 15.5. The van der Waals surface area contributed by atoms with Crippen LogP contribution in [0, 0.1) is 0 Å². The minimum absolute atomic E-state index is 0.0693. The zero-order chi connectivity index (χ0) is 16.4. The summed E-state index contributed by atoms with van der Waals surface area (Å²) in [6, 6.07) is 20.1. The fraction of sp³-hybridized carbons (Fsp3) is 0.300. The first-order valence-electron chi connectivity index (χ1n) is 8.24. The Labute approximate surface area is 141 Å². The second kappa shape index (κ2) is 6.87. The third kappa shape index (κ3) is 3.14. The van der Waals surface area contributed by atoms with Crippen LogP contribution in [-0.2, 0) is 19.6 Å². The maximum atomic E-state index is 5.50. The highest BCUT2D eigenvalue weighted by atomic mass is 17.2. The third-order valence-corrected chi connectivity index (χ3v) is 4.60. The Morgan fingerprint density at radius 3 is 1.50 bits per heavy atom. The van der Waals surface area contributed by atoms with Gasteiger partial charge in [-0.05, 0) is 16.7 Å². The van der Waals surface area contributed by atoms with Crippen molar-refractivity contribution in [2.24, 2.45) is 0 Å². The molecule has 0 bridgehead atoms. The van der Waals surface area contributed by atoms with Gasteiger partial charge < -0.3 is 0 Å². The summed E-state index contributed by atoms with van der Waals surface area (Å²) in [7, 11) is 0. The van der Waals surface area contributed by atoms with Gasteiger partial charge in [0.05, 0.1) is 0 Å². The van der Waals surface area contributed by atoms with Gasteiger partial charge in [0.15, 0.2) is 0 Å². The summed E-state index contributed by atoms with van der Waals surface area (Å²) in [5.41, 5.74) is 3.09. The molecule has 4 atom stereocenters. The molecule has 2 heterocycles. The van der Waals surface area contributed by atoms with E-state index in [9.17, 15) is 0 Å². The Morgan fingerprint density at radius 1 is 0.667 bits per heavy atom. The Bertz CT molecular complexity index is 626. The molecule has 2 aromatic rings. The van der Waals surface area contributed by atoms with E-state index in [1.165, 1.54) is 0 Å². The predicted molar refractivity (Wildman–Crippen MR) is 88.7 cm³/mol. The summed E-state index contributed by atoms with van der Waals surface area (Å²) in [5, 5.41) is 0. The lowest BCUT2D eigenvalue weighted by molar-refractivity contribution is -0.307. The van der Waals surface area contributed by atoms with Gasteiger partial charge in [-0.25, -0.2) is 19.6 Å². The predicted octanol–water partition coefficient (Wildman–Crippen LogP) is 4.47. The van der Waals surface area contributed by atoms with Crippen molar-refractivity contribution in [2.75, 3.05) is 0 Å². The molecule has 124 valence electrons. The van der Waals surface area contributed by atoms with Gasteiger partial charge in [0.2, 0.25) is 0 Å². The molecule has 2 aliphatic heterocycles. The van der Waals surface area contributed by atoms with Crippen molar-refractivity contribution < 1.29 is 19.6 Å². The van der Waals surface area contributed by atoms with E-state index < -0.39 is 0 Å². The first-order chi connectivity index (χ1) is 11.8. The van der Waals surface area contributed by atoms with Crippen LogP contribution in [0.3, 0.4) is 0 Å². The molecule has 0 radical (unpaired) electrons. The lowest BCUT2D eigenvalue weighted by atomic mass is 9.94. The first-order valence-corrected chi connectivity index (χ1v) is 8.24. The summed E-state index contributed by atoms with van der Waals surface area (Å²) in [5.74, 6) is 0. The smallest absolute Gasteiger partial charge is 0.121 e. The Morgan fingerprint density at radius 2 is 1.08 bits per heavy atom. The van der Waals surface area contributed by atoms with Crippen LogP contribution in [0.2, 0.25) is 0 Å². The van der Waals surface area contributed by atoms with E-state index in [0.29, 0.717) is 0 Å². The molecule has 0 spiro atoms. The highest BCUT2D eigenvalue weighted by molar-refractivity contribution is 5.22. The van der Waals surface area contributed by atoms with Crippen LogP contribution in [0.15, 0.2) is 72.8 Å². The van der Waals surface area contributed by atoms with E-state index >= 15 is 0 Å². The van der Waals surface area contributed by atoms with Crippen LogP contribution in [0.1, 0.15) is 36.2 Å². The number of rotatable bonds is 4. The van der Waals surface area contributed by atoms with Crippen LogP contribution in [0.4, 0.5) is 0 Å². The van der Waals surface area contributed by atoms with Gasteiger partial charge in [0.25, 0.3) is 0 Å². The molecule has 24 heavy (non-hydrogen) atoms. The van der Waals surface area contributed by atoms with E-state index in [1.807, 2.05) is 60.7 Å². The molecule has 0 amide bonds. The largest absolute Gasteiger partial charge is 0.228 e. The van der Waals surface area contributed by atoms with Gasteiger partial charge >= 0.3 is 0 Å². The second-order valence-electron chi connectivity index (χ2n) is 6.21. The normalized spacial score (nSPS) is 29.7. The molecule has 0 aromatic heterocycles. The maximum absolute atomic E-state index is 5.50. The topological polar surface area (TPSA) is 36.9 Å². The molecule has 2 saturated heterocycles. The molecule has 0 unspecified atom stereocenters. The van der Waals surface area contributed by atoms with Crippen molar-refractivity contribution >= 4 is 0 Å². The molecular formula is C20H20O4. The van der Waals surface area contributed by atoms with Gasteiger partial charge in [-0.15, -0.1) is 0 Å². The SMILES string of the molecule is C=C([C@@H]1C[C@H](c2ccccc2)OO1)[C@H]1C[C@@H](c2ccccc2)OO1. The highest BCUT2D eigenvalue weighted by Crippen LogP contribution is 2.39. The average Bonchev–Trinajstić information content (AvgIpc) is 3.33. The number of benzene rings is 2. The van der Waals surface area contributed by atoms with Crippen LogP contribution < -0.4 is 0 Å². The van der Waals surface area contributed by atoms with Gasteiger partial charge in [-0.3, -0.25) is 0 Å². The monoisotopic (exact) mass is 324 g/mol. The highest BCUT2D eigenvalue weighted by Gasteiger charge is 2.38. The van der Waals surface area contributed by atoms with Gasteiger partial charge in [0, 0.05) is 12.8 Å². The standard InChI is InChI=1S/C20H20O4/c1-14(17-12-19(23-21-17)15-8-4-2-5-9-15)18-13-20(24-22-18)16-10-6-3-7-11-16/h2-11,17-20H,1,12-13H2/t17-,18+,19+,20-. The third-order valence-electron chi connectivity index (χ3n) is 4.60. The van der Waals surface area contributed by atoms with Crippen LogP contribution >= 0.6 is 0 Å². The van der Waals surface area contributed by atoms with E-state index in [0.717, 1.165) is 29.5 Å². The molecule has 2 aromatic carbocycles. The summed E-state index contributed by atoms with van der Waals surface area (Å²) >= 11 is 0. The molecule has 4 heteroatoms. The van der Waals surface area contributed by atoms with Crippen molar-refractivity contribution in [3.63, 3.8) is 0 Å². The van der Waals surface area contributed by atoms with E-state index in [-0.39, 0.29) is 24.4 Å². The summed E-state index contributed by atoms with van der Waals surface area (Å²) in [4.78, 5) is 22.0. The van der Waals surface area contributed by atoms with Gasteiger partial charge in [0.1, 0.15) is 24.4 Å². The molecule has 2 aliphatic rings.